The Hall–Kier alpha value is -1.88. The minimum Gasteiger partial charge on any atom is -0.393 e. The highest BCUT2D eigenvalue weighted by Crippen LogP contribution is 2.22. The number of nitrogens with one attached hydrogen (secondary N) is 2. The van der Waals surface area contributed by atoms with E-state index in [9.17, 15) is 14.7 Å². The Morgan fingerprint density at radius 1 is 1.08 bits per heavy atom. The molecule has 3 unspecified atom stereocenters. The highest BCUT2D eigenvalue weighted by molar-refractivity contribution is 5.97. The van der Waals surface area contributed by atoms with Crippen molar-refractivity contribution in [3.63, 3.8) is 0 Å². The summed E-state index contributed by atoms with van der Waals surface area (Å²) in [7, 11) is 0. The Labute approximate surface area is 151 Å². The molecule has 140 valence electrons. The lowest BCUT2D eigenvalue weighted by Crippen LogP contribution is -2.46. The first kappa shape index (κ1) is 21.2. The zero-order chi connectivity index (χ0) is 19.2. The van der Waals surface area contributed by atoms with Crippen LogP contribution in [0, 0.1) is 5.92 Å². The van der Waals surface area contributed by atoms with Crippen molar-refractivity contribution in [2.75, 3.05) is 6.54 Å². The first-order valence-corrected chi connectivity index (χ1v) is 8.88. The summed E-state index contributed by atoms with van der Waals surface area (Å²) in [6.07, 6.45) is 0.237. The van der Waals surface area contributed by atoms with Crippen molar-refractivity contribution in [2.24, 2.45) is 5.92 Å². The highest BCUT2D eigenvalue weighted by atomic mass is 16.3. The fraction of sp³-hybridized carbons (Fsp3) is 0.600. The number of hydrogen-bond donors (Lipinski definition) is 3. The Balaban J connectivity index is 2.54. The largest absolute Gasteiger partial charge is 0.393 e. The number of carbonyl (C=O) groups excluding carboxylic acids is 2. The van der Waals surface area contributed by atoms with E-state index in [1.54, 1.807) is 26.0 Å². The van der Waals surface area contributed by atoms with E-state index in [-0.39, 0.29) is 29.3 Å². The van der Waals surface area contributed by atoms with E-state index in [2.05, 4.69) is 31.4 Å². The Bertz CT molecular complexity index is 574. The fourth-order valence-electron chi connectivity index (χ4n) is 2.56. The van der Waals surface area contributed by atoms with Gasteiger partial charge in [0.15, 0.2) is 0 Å². The molecule has 0 saturated carbocycles. The summed E-state index contributed by atoms with van der Waals surface area (Å²) in [5.74, 6) is -0.311. The third kappa shape index (κ3) is 7.26. The molecule has 0 aliphatic heterocycles. The molecule has 1 rings (SSSR count). The first-order chi connectivity index (χ1) is 11.5. The van der Waals surface area contributed by atoms with Crippen LogP contribution < -0.4 is 10.6 Å². The summed E-state index contributed by atoms with van der Waals surface area (Å²) in [4.78, 5) is 24.4. The van der Waals surface area contributed by atoms with Crippen molar-refractivity contribution in [2.45, 2.75) is 65.5 Å². The molecule has 0 heterocycles. The maximum absolute atomic E-state index is 12.3. The maximum atomic E-state index is 12.3. The van der Waals surface area contributed by atoms with Gasteiger partial charge in [-0.05, 0) is 49.3 Å². The lowest BCUT2D eigenvalue weighted by molar-refractivity contribution is -0.122. The third-order valence-electron chi connectivity index (χ3n) is 4.12. The lowest BCUT2D eigenvalue weighted by atomic mass is 9.86. The average Bonchev–Trinajstić information content (AvgIpc) is 2.51. The van der Waals surface area contributed by atoms with Crippen molar-refractivity contribution in [1.29, 1.82) is 0 Å². The van der Waals surface area contributed by atoms with Gasteiger partial charge in [0.05, 0.1) is 6.10 Å². The van der Waals surface area contributed by atoms with E-state index in [0.29, 0.717) is 18.5 Å². The molecule has 5 heteroatoms. The number of hydrogen-bond acceptors (Lipinski definition) is 3. The molecule has 0 aromatic heterocycles. The van der Waals surface area contributed by atoms with Gasteiger partial charge in [-0.1, -0.05) is 39.8 Å². The molecule has 1 aromatic rings. The predicted molar refractivity (Wildman–Crippen MR) is 101 cm³/mol. The number of benzene rings is 1. The average molecular weight is 348 g/mol. The van der Waals surface area contributed by atoms with Gasteiger partial charge in [0, 0.05) is 12.1 Å². The van der Waals surface area contributed by atoms with E-state index in [1.807, 2.05) is 19.1 Å². The Morgan fingerprint density at radius 2 is 1.64 bits per heavy atom. The maximum Gasteiger partial charge on any atom is 0.251 e. The second-order valence-corrected chi connectivity index (χ2v) is 7.96. The molecule has 25 heavy (non-hydrogen) atoms. The molecule has 0 aliphatic carbocycles. The molecule has 1 aromatic carbocycles. The Morgan fingerprint density at radius 3 is 2.12 bits per heavy atom. The topological polar surface area (TPSA) is 78.4 Å². The van der Waals surface area contributed by atoms with E-state index in [4.69, 9.17) is 0 Å². The molecular formula is C20H32N2O3. The number of rotatable bonds is 7. The van der Waals surface area contributed by atoms with Gasteiger partial charge in [0.25, 0.3) is 5.91 Å². The van der Waals surface area contributed by atoms with Gasteiger partial charge >= 0.3 is 0 Å². The van der Waals surface area contributed by atoms with Gasteiger partial charge in [-0.2, -0.15) is 0 Å². The summed E-state index contributed by atoms with van der Waals surface area (Å²) < 4.78 is 0. The van der Waals surface area contributed by atoms with Crippen LogP contribution in [0.25, 0.3) is 0 Å². The van der Waals surface area contributed by atoms with Gasteiger partial charge < -0.3 is 15.7 Å². The monoisotopic (exact) mass is 348 g/mol. The fourth-order valence-corrected chi connectivity index (χ4v) is 2.56. The molecule has 0 radical (unpaired) electrons. The number of aliphatic hydroxyl groups excluding tert-OH is 1. The standard InChI is InChI=1S/C20H32N2O3/c1-13(11-14(2)23)12-21-18(24)15(3)22-19(25)16-7-9-17(10-8-16)20(4,5)6/h7-10,13-15,23H,11-12H2,1-6H3,(H,21,24)(H,22,25). The summed E-state index contributed by atoms with van der Waals surface area (Å²) in [6, 6.07) is 6.83. The van der Waals surface area contributed by atoms with Crippen LogP contribution in [0.15, 0.2) is 24.3 Å². The highest BCUT2D eigenvalue weighted by Gasteiger charge is 2.18. The number of amides is 2. The van der Waals surface area contributed by atoms with Crippen LogP contribution >= 0.6 is 0 Å². The zero-order valence-electron chi connectivity index (χ0n) is 16.2. The summed E-state index contributed by atoms with van der Waals surface area (Å²) in [5, 5.41) is 14.9. The van der Waals surface area contributed by atoms with Gasteiger partial charge in [-0.15, -0.1) is 0 Å². The molecule has 0 spiro atoms. The second kappa shape index (κ2) is 8.99. The van der Waals surface area contributed by atoms with E-state index in [1.165, 1.54) is 0 Å². The molecule has 0 aliphatic rings. The summed E-state index contributed by atoms with van der Waals surface area (Å²) in [6.45, 7) is 12.2. The molecule has 0 fully saturated rings. The van der Waals surface area contributed by atoms with Crippen LogP contribution in [-0.4, -0.2) is 35.6 Å². The number of carbonyl (C=O) groups is 2. The Kier molecular flexibility index (Phi) is 7.61. The number of aliphatic hydroxyl groups is 1. The predicted octanol–water partition coefficient (Wildman–Crippen LogP) is 2.63. The van der Waals surface area contributed by atoms with Crippen LogP contribution in [-0.2, 0) is 10.2 Å². The SMILES string of the molecule is CC(O)CC(C)CNC(=O)C(C)NC(=O)c1ccc(C(C)(C)C)cc1. The van der Waals surface area contributed by atoms with Crippen molar-refractivity contribution >= 4 is 11.8 Å². The van der Waals surface area contributed by atoms with Crippen LogP contribution in [0.2, 0.25) is 0 Å². The van der Waals surface area contributed by atoms with Crippen molar-refractivity contribution < 1.29 is 14.7 Å². The van der Waals surface area contributed by atoms with Crippen LogP contribution in [0.1, 0.15) is 63.9 Å². The summed E-state index contributed by atoms with van der Waals surface area (Å²) >= 11 is 0. The van der Waals surface area contributed by atoms with Crippen LogP contribution in [0.4, 0.5) is 0 Å². The van der Waals surface area contributed by atoms with Crippen LogP contribution in [0.5, 0.6) is 0 Å². The summed E-state index contributed by atoms with van der Waals surface area (Å²) in [5.41, 5.74) is 1.72. The van der Waals surface area contributed by atoms with E-state index < -0.39 is 6.04 Å². The molecule has 3 N–H and O–H groups in total. The molecular weight excluding hydrogens is 316 g/mol. The minimum absolute atomic E-state index is 0.0327. The third-order valence-corrected chi connectivity index (χ3v) is 4.12. The van der Waals surface area contributed by atoms with Crippen LogP contribution in [0.3, 0.4) is 0 Å². The zero-order valence-corrected chi connectivity index (χ0v) is 16.2. The normalized spacial score (nSPS) is 15.2. The van der Waals surface area contributed by atoms with Gasteiger partial charge in [0.1, 0.15) is 6.04 Å². The quantitative estimate of drug-likeness (QED) is 0.709. The van der Waals surface area contributed by atoms with E-state index in [0.717, 1.165) is 5.56 Å². The van der Waals surface area contributed by atoms with Gasteiger partial charge in [-0.3, -0.25) is 9.59 Å². The molecule has 3 atom stereocenters. The van der Waals surface area contributed by atoms with E-state index >= 15 is 0 Å². The molecule has 2 amide bonds. The van der Waals surface area contributed by atoms with Crippen molar-refractivity contribution in [3.8, 4) is 0 Å². The smallest absolute Gasteiger partial charge is 0.251 e. The van der Waals surface area contributed by atoms with Crippen molar-refractivity contribution in [1.82, 2.24) is 10.6 Å². The molecule has 0 bridgehead atoms. The second-order valence-electron chi connectivity index (χ2n) is 7.96. The van der Waals surface area contributed by atoms with Gasteiger partial charge in [-0.25, -0.2) is 0 Å². The lowest BCUT2D eigenvalue weighted by Gasteiger charge is -2.20. The van der Waals surface area contributed by atoms with Gasteiger partial charge in [0.2, 0.25) is 5.91 Å². The molecule has 0 saturated heterocycles. The first-order valence-electron chi connectivity index (χ1n) is 8.88. The van der Waals surface area contributed by atoms with Crippen molar-refractivity contribution in [3.05, 3.63) is 35.4 Å². The molecule has 5 nitrogen and oxygen atoms in total. The minimum atomic E-state index is -0.617.